The molecule has 0 saturated carbocycles. The molecule has 1 atom stereocenters. The van der Waals surface area contributed by atoms with E-state index in [4.69, 9.17) is 18.5 Å². The summed E-state index contributed by atoms with van der Waals surface area (Å²) >= 11 is 0. The predicted octanol–water partition coefficient (Wildman–Crippen LogP) is 2.25. The molecule has 0 aliphatic rings. The third kappa shape index (κ3) is 4.12. The molecule has 2 N–H and O–H groups in total. The maximum absolute atomic E-state index is 12.3. The van der Waals surface area contributed by atoms with Gasteiger partial charge in [0.25, 0.3) is 0 Å². The van der Waals surface area contributed by atoms with E-state index < -0.39 is 24.3 Å². The molecule has 0 fully saturated rings. The van der Waals surface area contributed by atoms with Crippen LogP contribution in [0.15, 0.2) is 76.0 Å². The minimum absolute atomic E-state index is 0.182. The normalized spacial score (nSPS) is 13.1. The lowest BCUT2D eigenvalue weighted by atomic mass is 10.0. The van der Waals surface area contributed by atoms with Gasteiger partial charge in [0.05, 0.1) is 17.8 Å². The lowest BCUT2D eigenvalue weighted by molar-refractivity contribution is -0.410. The number of furan rings is 2. The summed E-state index contributed by atoms with van der Waals surface area (Å²) in [4.78, 5) is 34.8. The molecular formula is C19H17NO8. The smallest absolute Gasteiger partial charge is 0.395 e. The van der Waals surface area contributed by atoms with Crippen molar-refractivity contribution in [1.29, 1.82) is 0 Å². The highest BCUT2D eigenvalue weighted by Gasteiger charge is 2.43. The number of hydroxylamine groups is 2. The molecule has 0 saturated heterocycles. The van der Waals surface area contributed by atoms with Gasteiger partial charge in [0.1, 0.15) is 0 Å². The number of rotatable bonds is 8. The van der Waals surface area contributed by atoms with Gasteiger partial charge >= 0.3 is 11.9 Å². The standard InChI is InChI=1S/C19H17NO8/c21-11-10-19(24,14-6-2-1-3-7-14)20(27-17(22)15-8-4-12-25-15)28-18(23)16-9-5-13-26-16/h1-9,12-13,21,24H,10-11H2. The van der Waals surface area contributed by atoms with Crippen LogP contribution >= 0.6 is 0 Å². The summed E-state index contributed by atoms with van der Waals surface area (Å²) in [6, 6.07) is 13.6. The van der Waals surface area contributed by atoms with E-state index in [0.717, 1.165) is 0 Å². The van der Waals surface area contributed by atoms with E-state index in [2.05, 4.69) is 0 Å². The summed E-state index contributed by atoms with van der Waals surface area (Å²) < 4.78 is 9.92. The Bertz CT molecular complexity index is 843. The van der Waals surface area contributed by atoms with Gasteiger partial charge in [0.15, 0.2) is 0 Å². The first-order valence-electron chi connectivity index (χ1n) is 8.25. The molecule has 0 radical (unpaired) electrons. The number of nitrogens with zero attached hydrogens (tertiary/aromatic N) is 1. The monoisotopic (exact) mass is 387 g/mol. The second-order valence-corrected chi connectivity index (χ2v) is 5.63. The fourth-order valence-electron chi connectivity index (χ4n) is 2.40. The van der Waals surface area contributed by atoms with Crippen LogP contribution in [0.1, 0.15) is 33.1 Å². The molecule has 3 aromatic rings. The van der Waals surface area contributed by atoms with Crippen molar-refractivity contribution in [1.82, 2.24) is 5.23 Å². The number of aliphatic hydroxyl groups is 2. The summed E-state index contributed by atoms with van der Waals surface area (Å²) in [5.41, 5.74) is -1.97. The highest BCUT2D eigenvalue weighted by Crippen LogP contribution is 2.31. The van der Waals surface area contributed by atoms with Crippen LogP contribution in [0.3, 0.4) is 0 Å². The summed E-state index contributed by atoms with van der Waals surface area (Å²) in [6.07, 6.45) is 2.17. The molecule has 1 unspecified atom stereocenters. The fourth-order valence-corrected chi connectivity index (χ4v) is 2.40. The summed E-state index contributed by atoms with van der Waals surface area (Å²) in [7, 11) is 0. The topological polar surface area (TPSA) is 123 Å². The van der Waals surface area contributed by atoms with E-state index in [1.807, 2.05) is 0 Å². The van der Waals surface area contributed by atoms with Crippen molar-refractivity contribution in [2.45, 2.75) is 12.1 Å². The Kier molecular flexibility index (Phi) is 5.90. The van der Waals surface area contributed by atoms with Crippen LogP contribution in [-0.2, 0) is 15.4 Å². The van der Waals surface area contributed by atoms with Crippen molar-refractivity contribution in [2.24, 2.45) is 0 Å². The lowest BCUT2D eigenvalue weighted by Gasteiger charge is -2.34. The lowest BCUT2D eigenvalue weighted by Crippen LogP contribution is -2.48. The molecule has 0 spiro atoms. The first-order chi connectivity index (χ1) is 13.5. The van der Waals surface area contributed by atoms with Crippen molar-refractivity contribution in [3.8, 4) is 0 Å². The zero-order chi connectivity index (χ0) is 20.0. The Balaban J connectivity index is 1.94. The molecule has 0 aliphatic carbocycles. The van der Waals surface area contributed by atoms with Crippen LogP contribution in [0.5, 0.6) is 0 Å². The molecule has 28 heavy (non-hydrogen) atoms. The van der Waals surface area contributed by atoms with Gasteiger partial charge in [-0.3, -0.25) is 0 Å². The SMILES string of the molecule is O=C(ON(OC(=O)c1ccco1)C(O)(CCO)c1ccccc1)c1ccco1. The Morgan fingerprint density at radius 3 is 1.86 bits per heavy atom. The van der Waals surface area contributed by atoms with E-state index >= 15 is 0 Å². The largest absolute Gasteiger partial charge is 0.457 e. The number of hydrogen-bond donors (Lipinski definition) is 2. The van der Waals surface area contributed by atoms with Crippen LogP contribution in [0, 0.1) is 0 Å². The van der Waals surface area contributed by atoms with Crippen molar-refractivity contribution in [2.75, 3.05) is 6.61 Å². The Morgan fingerprint density at radius 2 is 1.43 bits per heavy atom. The van der Waals surface area contributed by atoms with Crippen LogP contribution < -0.4 is 0 Å². The van der Waals surface area contributed by atoms with E-state index in [1.165, 1.54) is 48.9 Å². The van der Waals surface area contributed by atoms with Gasteiger partial charge in [-0.1, -0.05) is 30.3 Å². The Labute approximate surface area is 159 Å². The minimum atomic E-state index is -2.18. The molecule has 146 valence electrons. The summed E-state index contributed by atoms with van der Waals surface area (Å²) in [5, 5.41) is 21.0. The summed E-state index contributed by atoms with van der Waals surface area (Å²) in [6.45, 7) is -0.501. The van der Waals surface area contributed by atoms with Gasteiger partial charge < -0.3 is 28.7 Å². The molecule has 0 amide bonds. The highest BCUT2D eigenvalue weighted by molar-refractivity contribution is 5.87. The number of aliphatic hydroxyl groups excluding tert-OH is 1. The zero-order valence-electron chi connectivity index (χ0n) is 14.6. The van der Waals surface area contributed by atoms with E-state index in [0.29, 0.717) is 5.23 Å². The molecule has 3 rings (SSSR count). The third-order valence-corrected chi connectivity index (χ3v) is 3.77. The van der Waals surface area contributed by atoms with Gasteiger partial charge in [-0.2, -0.15) is 0 Å². The molecule has 9 nitrogen and oxygen atoms in total. The number of benzene rings is 1. The second kappa shape index (κ2) is 8.53. The van der Waals surface area contributed by atoms with Crippen molar-refractivity contribution >= 4 is 11.9 Å². The maximum atomic E-state index is 12.3. The van der Waals surface area contributed by atoms with Gasteiger partial charge in [-0.05, 0) is 24.3 Å². The Hall–Kier alpha value is -3.40. The maximum Gasteiger partial charge on any atom is 0.395 e. The molecule has 9 heteroatoms. The molecule has 0 bridgehead atoms. The van der Waals surface area contributed by atoms with Crippen molar-refractivity contribution < 1.29 is 38.3 Å². The van der Waals surface area contributed by atoms with Crippen LogP contribution in [0.4, 0.5) is 0 Å². The minimum Gasteiger partial charge on any atom is -0.457 e. The van der Waals surface area contributed by atoms with Crippen molar-refractivity contribution in [3.63, 3.8) is 0 Å². The van der Waals surface area contributed by atoms with Crippen LogP contribution in [0.2, 0.25) is 0 Å². The quantitative estimate of drug-likeness (QED) is 0.442. The highest BCUT2D eigenvalue weighted by atomic mass is 17.0. The first-order valence-corrected chi connectivity index (χ1v) is 8.25. The average molecular weight is 387 g/mol. The predicted molar refractivity (Wildman–Crippen MR) is 92.1 cm³/mol. The van der Waals surface area contributed by atoms with Gasteiger partial charge in [0.2, 0.25) is 17.2 Å². The summed E-state index contributed by atoms with van der Waals surface area (Å²) in [5.74, 6) is -2.41. The zero-order valence-corrected chi connectivity index (χ0v) is 14.6. The van der Waals surface area contributed by atoms with E-state index in [-0.39, 0.29) is 23.5 Å². The molecule has 2 aromatic heterocycles. The second-order valence-electron chi connectivity index (χ2n) is 5.63. The molecular weight excluding hydrogens is 370 g/mol. The fraction of sp³-hybridized carbons (Fsp3) is 0.158. The third-order valence-electron chi connectivity index (χ3n) is 3.77. The van der Waals surface area contributed by atoms with Gasteiger partial charge in [-0.25, -0.2) is 9.59 Å². The van der Waals surface area contributed by atoms with Gasteiger partial charge in [0, 0.05) is 18.6 Å². The average Bonchev–Trinajstić information content (AvgIpc) is 3.42. The number of hydrogen-bond acceptors (Lipinski definition) is 9. The Morgan fingerprint density at radius 1 is 0.893 bits per heavy atom. The van der Waals surface area contributed by atoms with E-state index in [1.54, 1.807) is 18.2 Å². The number of carbonyl (C=O) groups excluding carboxylic acids is 2. The molecule has 2 heterocycles. The molecule has 1 aromatic carbocycles. The first kappa shape index (κ1) is 19.4. The molecule has 0 aliphatic heterocycles. The number of carbonyl (C=O) groups is 2. The van der Waals surface area contributed by atoms with Crippen LogP contribution in [0.25, 0.3) is 0 Å². The van der Waals surface area contributed by atoms with Gasteiger partial charge in [-0.15, -0.1) is 0 Å². The van der Waals surface area contributed by atoms with Crippen molar-refractivity contribution in [3.05, 3.63) is 84.2 Å². The van der Waals surface area contributed by atoms with Crippen LogP contribution in [-0.4, -0.2) is 34.0 Å². The van der Waals surface area contributed by atoms with E-state index in [9.17, 15) is 19.8 Å².